The van der Waals surface area contributed by atoms with Crippen molar-refractivity contribution in [2.45, 2.75) is 25.0 Å². The van der Waals surface area contributed by atoms with E-state index in [1.807, 2.05) is 5.32 Å². The largest absolute Gasteiger partial charge is 0.383 e. The quantitative estimate of drug-likeness (QED) is 0.601. The summed E-state index contributed by atoms with van der Waals surface area (Å²) in [6, 6.07) is 6.29. The Morgan fingerprint density at radius 1 is 1.18 bits per heavy atom. The number of aliphatic hydroxyl groups is 1. The van der Waals surface area contributed by atoms with Crippen molar-refractivity contribution in [3.63, 3.8) is 0 Å². The van der Waals surface area contributed by atoms with E-state index in [0.29, 0.717) is 0 Å². The number of nitrogens with zero attached hydrogens (tertiary/aromatic N) is 1. The number of amides is 4. The Balaban J connectivity index is 1.88. The van der Waals surface area contributed by atoms with Gasteiger partial charge in [0.25, 0.3) is 17.7 Å². The fraction of sp³-hybridized carbons (Fsp3) is 0.286. The SMILES string of the molecule is CC1(NN2C(=O)c3ccccc3C2=O)CC(O)C(=O)NC1=O. The molecule has 1 fully saturated rings. The molecule has 2 aliphatic rings. The first-order chi connectivity index (χ1) is 10.3. The van der Waals surface area contributed by atoms with E-state index in [4.69, 9.17) is 0 Å². The first-order valence-corrected chi connectivity index (χ1v) is 6.62. The smallest absolute Gasteiger partial charge is 0.276 e. The lowest BCUT2D eigenvalue weighted by Gasteiger charge is -2.37. The van der Waals surface area contributed by atoms with Crippen LogP contribution in [0.25, 0.3) is 0 Å². The molecule has 3 rings (SSSR count). The van der Waals surface area contributed by atoms with Crippen molar-refractivity contribution in [1.29, 1.82) is 0 Å². The predicted octanol–water partition coefficient (Wildman–Crippen LogP) is -1.05. The average Bonchev–Trinajstić information content (AvgIpc) is 2.71. The zero-order chi connectivity index (χ0) is 16.1. The van der Waals surface area contributed by atoms with Gasteiger partial charge in [0.05, 0.1) is 11.1 Å². The minimum absolute atomic E-state index is 0.233. The van der Waals surface area contributed by atoms with Gasteiger partial charge in [-0.15, -0.1) is 0 Å². The maximum atomic E-state index is 12.3. The maximum Gasteiger partial charge on any atom is 0.276 e. The zero-order valence-corrected chi connectivity index (χ0v) is 11.6. The van der Waals surface area contributed by atoms with Crippen molar-refractivity contribution < 1.29 is 24.3 Å². The second kappa shape index (κ2) is 4.72. The van der Waals surface area contributed by atoms with Crippen LogP contribution >= 0.6 is 0 Å². The van der Waals surface area contributed by atoms with Gasteiger partial charge in [-0.1, -0.05) is 12.1 Å². The third-order valence-corrected chi connectivity index (χ3v) is 3.79. The molecule has 114 valence electrons. The van der Waals surface area contributed by atoms with Crippen LogP contribution in [0.3, 0.4) is 0 Å². The molecule has 0 spiro atoms. The van der Waals surface area contributed by atoms with E-state index in [-0.39, 0.29) is 17.5 Å². The van der Waals surface area contributed by atoms with Crippen molar-refractivity contribution >= 4 is 23.6 Å². The number of fused-ring (bicyclic) bond motifs is 1. The number of nitrogens with one attached hydrogen (secondary N) is 2. The highest BCUT2D eigenvalue weighted by atomic mass is 16.3. The third kappa shape index (κ3) is 2.00. The van der Waals surface area contributed by atoms with Crippen LogP contribution in [0.4, 0.5) is 0 Å². The molecule has 0 aliphatic carbocycles. The molecular formula is C14H13N3O5. The Morgan fingerprint density at radius 2 is 1.73 bits per heavy atom. The van der Waals surface area contributed by atoms with Crippen molar-refractivity contribution in [2.75, 3.05) is 0 Å². The lowest BCUT2D eigenvalue weighted by atomic mass is 9.90. The average molecular weight is 303 g/mol. The number of hydrazine groups is 1. The van der Waals surface area contributed by atoms with Gasteiger partial charge in [0, 0.05) is 6.42 Å². The lowest BCUT2D eigenvalue weighted by molar-refractivity contribution is -0.146. The van der Waals surface area contributed by atoms with Gasteiger partial charge in [0.15, 0.2) is 0 Å². The highest BCUT2D eigenvalue weighted by Crippen LogP contribution is 2.25. The van der Waals surface area contributed by atoms with E-state index in [2.05, 4.69) is 5.43 Å². The molecule has 1 aromatic rings. The van der Waals surface area contributed by atoms with E-state index in [0.717, 1.165) is 5.01 Å². The normalized spacial score (nSPS) is 27.9. The van der Waals surface area contributed by atoms with Gasteiger partial charge in [-0.25, -0.2) is 10.4 Å². The van der Waals surface area contributed by atoms with Crippen molar-refractivity contribution in [1.82, 2.24) is 15.8 Å². The molecule has 8 heteroatoms. The molecule has 22 heavy (non-hydrogen) atoms. The molecule has 0 saturated carbocycles. The Hall–Kier alpha value is -2.58. The van der Waals surface area contributed by atoms with E-state index in [9.17, 15) is 24.3 Å². The topological polar surface area (TPSA) is 116 Å². The molecule has 1 aromatic carbocycles. The van der Waals surface area contributed by atoms with Gasteiger partial charge in [-0.05, 0) is 19.1 Å². The Morgan fingerprint density at radius 3 is 2.27 bits per heavy atom. The summed E-state index contributed by atoms with van der Waals surface area (Å²) >= 11 is 0. The van der Waals surface area contributed by atoms with Gasteiger partial charge in [-0.2, -0.15) is 0 Å². The van der Waals surface area contributed by atoms with Crippen LogP contribution < -0.4 is 10.7 Å². The van der Waals surface area contributed by atoms with Gasteiger partial charge < -0.3 is 5.11 Å². The zero-order valence-electron chi connectivity index (χ0n) is 11.6. The summed E-state index contributed by atoms with van der Waals surface area (Å²) in [6.07, 6.45) is -1.64. The molecule has 2 aliphatic heterocycles. The summed E-state index contributed by atoms with van der Waals surface area (Å²) < 4.78 is 0. The van der Waals surface area contributed by atoms with E-state index >= 15 is 0 Å². The molecule has 8 nitrogen and oxygen atoms in total. The number of imide groups is 2. The van der Waals surface area contributed by atoms with Crippen LogP contribution in [0, 0.1) is 0 Å². The third-order valence-electron chi connectivity index (χ3n) is 3.79. The fourth-order valence-corrected chi connectivity index (χ4v) is 2.54. The van der Waals surface area contributed by atoms with Crippen LogP contribution in [0.1, 0.15) is 34.1 Å². The molecule has 2 atom stereocenters. The molecule has 2 heterocycles. The van der Waals surface area contributed by atoms with E-state index in [1.165, 1.54) is 19.1 Å². The summed E-state index contributed by atoms with van der Waals surface area (Å²) in [5.74, 6) is -2.67. The maximum absolute atomic E-state index is 12.3. The molecular weight excluding hydrogens is 290 g/mol. The number of carbonyl (C=O) groups is 4. The molecule has 1 saturated heterocycles. The minimum Gasteiger partial charge on any atom is -0.383 e. The molecule has 0 aromatic heterocycles. The van der Waals surface area contributed by atoms with Gasteiger partial charge in [0.1, 0.15) is 11.6 Å². The molecule has 4 amide bonds. The number of benzene rings is 1. The van der Waals surface area contributed by atoms with Crippen LogP contribution in [-0.2, 0) is 9.59 Å². The summed E-state index contributed by atoms with van der Waals surface area (Å²) in [5.41, 5.74) is 1.56. The Bertz CT molecular complexity index is 681. The summed E-state index contributed by atoms with van der Waals surface area (Å²) in [5, 5.41) is 12.4. The summed E-state index contributed by atoms with van der Waals surface area (Å²) in [7, 11) is 0. The van der Waals surface area contributed by atoms with Crippen LogP contribution in [0.15, 0.2) is 24.3 Å². The van der Waals surface area contributed by atoms with Crippen LogP contribution in [0.5, 0.6) is 0 Å². The highest BCUT2D eigenvalue weighted by Gasteiger charge is 2.47. The Kier molecular flexibility index (Phi) is 3.08. The van der Waals surface area contributed by atoms with E-state index < -0.39 is 35.3 Å². The highest BCUT2D eigenvalue weighted by molar-refractivity contribution is 6.21. The first kappa shape index (κ1) is 14.4. The van der Waals surface area contributed by atoms with Crippen molar-refractivity contribution in [2.24, 2.45) is 0 Å². The number of aliphatic hydroxyl groups excluding tert-OH is 1. The van der Waals surface area contributed by atoms with Crippen molar-refractivity contribution in [3.8, 4) is 0 Å². The number of carbonyl (C=O) groups excluding carboxylic acids is 4. The second-order valence-corrected chi connectivity index (χ2v) is 5.47. The number of piperidine rings is 1. The standard InChI is InChI=1S/C14H13N3O5/c1-14(6-9(18)10(19)15-13(14)22)16-17-11(20)7-4-2-3-5-8(7)12(17)21/h2-5,9,16,18H,6H2,1H3,(H,15,19,22). The number of hydrogen-bond donors (Lipinski definition) is 3. The monoisotopic (exact) mass is 303 g/mol. The first-order valence-electron chi connectivity index (χ1n) is 6.62. The van der Waals surface area contributed by atoms with Gasteiger partial charge in [0.2, 0.25) is 5.91 Å². The van der Waals surface area contributed by atoms with Gasteiger partial charge in [-0.3, -0.25) is 24.5 Å². The molecule has 2 unspecified atom stereocenters. The molecule has 3 N–H and O–H groups in total. The number of rotatable bonds is 2. The summed E-state index contributed by atoms with van der Waals surface area (Å²) in [6.45, 7) is 1.40. The molecule has 0 radical (unpaired) electrons. The van der Waals surface area contributed by atoms with Crippen LogP contribution in [0.2, 0.25) is 0 Å². The Labute approximate surface area is 125 Å². The van der Waals surface area contributed by atoms with Gasteiger partial charge >= 0.3 is 0 Å². The second-order valence-electron chi connectivity index (χ2n) is 5.47. The van der Waals surface area contributed by atoms with Crippen LogP contribution in [-0.4, -0.2) is 45.4 Å². The number of hydrogen-bond acceptors (Lipinski definition) is 6. The summed E-state index contributed by atoms with van der Waals surface area (Å²) in [4.78, 5) is 47.8. The lowest BCUT2D eigenvalue weighted by Crippen LogP contribution is -2.68. The minimum atomic E-state index is -1.46. The van der Waals surface area contributed by atoms with E-state index in [1.54, 1.807) is 12.1 Å². The van der Waals surface area contributed by atoms with Crippen molar-refractivity contribution in [3.05, 3.63) is 35.4 Å². The predicted molar refractivity (Wildman–Crippen MR) is 72.3 cm³/mol. The fourth-order valence-electron chi connectivity index (χ4n) is 2.54. The molecule has 0 bridgehead atoms.